The first kappa shape index (κ1) is 14.3. The van der Waals surface area contributed by atoms with Crippen molar-refractivity contribution >= 4 is 0 Å². The van der Waals surface area contributed by atoms with Gasteiger partial charge in [0, 0.05) is 11.8 Å². The number of halogens is 1. The van der Waals surface area contributed by atoms with E-state index in [1.165, 1.54) is 0 Å². The van der Waals surface area contributed by atoms with Gasteiger partial charge in [-0.25, -0.2) is 14.4 Å². The van der Waals surface area contributed by atoms with E-state index in [-0.39, 0.29) is 5.82 Å². The van der Waals surface area contributed by atoms with Gasteiger partial charge in [0.15, 0.2) is 0 Å². The van der Waals surface area contributed by atoms with Gasteiger partial charge in [0.1, 0.15) is 11.5 Å². The summed E-state index contributed by atoms with van der Waals surface area (Å²) in [6, 6.07) is 8.90. The summed E-state index contributed by atoms with van der Waals surface area (Å²) < 4.78 is 21.4. The lowest BCUT2D eigenvalue weighted by atomic mass is 10.1. The minimum atomic E-state index is -0.261. The van der Waals surface area contributed by atoms with Crippen molar-refractivity contribution in [1.29, 1.82) is 0 Å². The van der Waals surface area contributed by atoms with Gasteiger partial charge in [-0.1, -0.05) is 12.1 Å². The number of ether oxygens (including phenoxy) is 1. The van der Waals surface area contributed by atoms with Crippen LogP contribution in [0.3, 0.4) is 0 Å². The first-order valence-corrected chi connectivity index (χ1v) is 6.91. The van der Waals surface area contributed by atoms with Crippen LogP contribution in [-0.4, -0.2) is 21.6 Å². The Morgan fingerprint density at radius 1 is 1.14 bits per heavy atom. The molecule has 22 heavy (non-hydrogen) atoms. The molecule has 0 bridgehead atoms. The van der Waals surface area contributed by atoms with Gasteiger partial charge in [-0.2, -0.15) is 0 Å². The number of rotatable bonds is 3. The normalized spacial score (nSPS) is 10.7. The fourth-order valence-electron chi connectivity index (χ4n) is 2.33. The van der Waals surface area contributed by atoms with Crippen molar-refractivity contribution < 1.29 is 9.13 Å². The number of imidazole rings is 1. The Bertz CT molecular complexity index is 827. The first-order chi connectivity index (χ1) is 10.6. The second-order valence-electron chi connectivity index (χ2n) is 5.08. The molecule has 0 saturated heterocycles. The molecule has 0 amide bonds. The van der Waals surface area contributed by atoms with E-state index in [0.29, 0.717) is 22.7 Å². The number of nitrogens with zero attached hydrogens (tertiary/aromatic N) is 3. The van der Waals surface area contributed by atoms with E-state index in [1.807, 2.05) is 29.8 Å². The van der Waals surface area contributed by atoms with Crippen LogP contribution in [0.25, 0.3) is 16.9 Å². The maximum Gasteiger partial charge on any atom is 0.238 e. The third-order valence-corrected chi connectivity index (χ3v) is 3.49. The summed E-state index contributed by atoms with van der Waals surface area (Å²) in [7, 11) is 1.55. The maximum absolute atomic E-state index is 14.3. The smallest absolute Gasteiger partial charge is 0.238 e. The molecule has 4 nitrogen and oxygen atoms in total. The second-order valence-corrected chi connectivity index (χ2v) is 5.08. The van der Waals surface area contributed by atoms with Gasteiger partial charge in [0.2, 0.25) is 5.88 Å². The molecule has 2 heterocycles. The molecule has 0 unspecified atom stereocenters. The fraction of sp³-hybridized carbons (Fsp3) is 0.176. The van der Waals surface area contributed by atoms with E-state index >= 15 is 0 Å². The molecule has 0 atom stereocenters. The predicted octanol–water partition coefficient (Wildman–Crippen LogP) is 3.70. The van der Waals surface area contributed by atoms with Gasteiger partial charge in [-0.05, 0) is 37.6 Å². The van der Waals surface area contributed by atoms with Gasteiger partial charge >= 0.3 is 0 Å². The summed E-state index contributed by atoms with van der Waals surface area (Å²) in [5.41, 5.74) is 3.26. The zero-order valence-electron chi connectivity index (χ0n) is 12.7. The molecule has 2 aromatic heterocycles. The minimum absolute atomic E-state index is 0.261. The number of aryl methyl sites for hydroxylation is 2. The Morgan fingerprint density at radius 3 is 2.64 bits per heavy atom. The lowest BCUT2D eigenvalue weighted by Gasteiger charge is -2.11. The highest BCUT2D eigenvalue weighted by Crippen LogP contribution is 2.28. The molecule has 112 valence electrons. The quantitative estimate of drug-likeness (QED) is 0.740. The number of hydrogen-bond acceptors (Lipinski definition) is 3. The Balaban J connectivity index is 2.11. The summed E-state index contributed by atoms with van der Waals surface area (Å²) in [5, 5.41) is 0. The topological polar surface area (TPSA) is 39.9 Å². The third-order valence-electron chi connectivity index (χ3n) is 3.49. The number of pyridine rings is 1. The van der Waals surface area contributed by atoms with Crippen LogP contribution in [0.2, 0.25) is 0 Å². The molecule has 0 saturated carbocycles. The van der Waals surface area contributed by atoms with Crippen molar-refractivity contribution in [2.45, 2.75) is 13.8 Å². The molecule has 3 aromatic rings. The van der Waals surface area contributed by atoms with Crippen LogP contribution in [0.15, 0.2) is 42.9 Å². The van der Waals surface area contributed by atoms with Crippen LogP contribution in [0.4, 0.5) is 4.39 Å². The molecule has 3 rings (SSSR count). The molecule has 0 fully saturated rings. The first-order valence-electron chi connectivity index (χ1n) is 6.91. The van der Waals surface area contributed by atoms with Crippen LogP contribution in [0.1, 0.15) is 11.3 Å². The number of methoxy groups -OCH3 is 1. The summed E-state index contributed by atoms with van der Waals surface area (Å²) >= 11 is 0. The van der Waals surface area contributed by atoms with Crippen molar-refractivity contribution in [3.8, 4) is 22.8 Å². The maximum atomic E-state index is 14.3. The lowest BCUT2D eigenvalue weighted by Crippen LogP contribution is -2.00. The van der Waals surface area contributed by atoms with E-state index in [4.69, 9.17) is 4.74 Å². The van der Waals surface area contributed by atoms with Crippen molar-refractivity contribution in [3.63, 3.8) is 0 Å². The average Bonchev–Trinajstić information content (AvgIpc) is 2.96. The number of benzene rings is 1. The Hall–Kier alpha value is -2.69. The van der Waals surface area contributed by atoms with Crippen LogP contribution >= 0.6 is 0 Å². The van der Waals surface area contributed by atoms with Crippen LogP contribution < -0.4 is 4.74 Å². The fourth-order valence-corrected chi connectivity index (χ4v) is 2.33. The van der Waals surface area contributed by atoms with E-state index in [0.717, 1.165) is 11.4 Å². The van der Waals surface area contributed by atoms with E-state index < -0.39 is 0 Å². The molecule has 5 heteroatoms. The summed E-state index contributed by atoms with van der Waals surface area (Å²) in [4.78, 5) is 8.63. The zero-order valence-corrected chi connectivity index (χ0v) is 12.7. The van der Waals surface area contributed by atoms with Crippen molar-refractivity contribution in [3.05, 3.63) is 59.9 Å². The summed E-state index contributed by atoms with van der Waals surface area (Å²) in [6.07, 6.45) is 3.58. The van der Waals surface area contributed by atoms with Crippen LogP contribution in [0.5, 0.6) is 5.88 Å². The Labute approximate surface area is 128 Å². The molecule has 1 aromatic carbocycles. The van der Waals surface area contributed by atoms with Gasteiger partial charge in [0.05, 0.1) is 24.8 Å². The monoisotopic (exact) mass is 297 g/mol. The highest BCUT2D eigenvalue weighted by atomic mass is 19.1. The number of aromatic nitrogens is 3. The number of hydrogen-bond donors (Lipinski definition) is 0. The Kier molecular flexibility index (Phi) is 3.63. The van der Waals surface area contributed by atoms with Crippen LogP contribution in [-0.2, 0) is 0 Å². The molecule has 0 spiro atoms. The SMILES string of the molecule is COc1nc(-c2cccc(C)c2F)ccc1-n1cnc(C)c1. The molecule has 0 aliphatic rings. The van der Waals surface area contributed by atoms with Gasteiger partial charge in [0.25, 0.3) is 0 Å². The zero-order chi connectivity index (χ0) is 15.7. The Morgan fingerprint density at radius 2 is 1.95 bits per heavy atom. The predicted molar refractivity (Wildman–Crippen MR) is 82.8 cm³/mol. The highest BCUT2D eigenvalue weighted by Gasteiger charge is 2.13. The molecular formula is C17H16FN3O. The standard InChI is InChI=1S/C17H16FN3O/c1-11-5-4-6-13(16(11)18)14-7-8-15(17(20-14)22-3)21-9-12(2)19-10-21/h4-10H,1-3H3. The second kappa shape index (κ2) is 5.60. The van der Waals surface area contributed by atoms with Crippen LogP contribution in [0, 0.1) is 19.7 Å². The lowest BCUT2D eigenvalue weighted by molar-refractivity contribution is 0.396. The van der Waals surface area contributed by atoms with Crippen molar-refractivity contribution in [2.75, 3.05) is 7.11 Å². The third kappa shape index (κ3) is 2.45. The minimum Gasteiger partial charge on any atom is -0.479 e. The van der Waals surface area contributed by atoms with Crippen molar-refractivity contribution in [2.24, 2.45) is 0 Å². The molecule has 0 aliphatic heterocycles. The van der Waals surface area contributed by atoms with E-state index in [1.54, 1.807) is 38.6 Å². The van der Waals surface area contributed by atoms with E-state index in [2.05, 4.69) is 9.97 Å². The summed E-state index contributed by atoms with van der Waals surface area (Å²) in [5.74, 6) is 0.166. The average molecular weight is 297 g/mol. The molecule has 0 N–H and O–H groups in total. The van der Waals surface area contributed by atoms with Crippen molar-refractivity contribution in [1.82, 2.24) is 14.5 Å². The molecule has 0 aliphatic carbocycles. The van der Waals surface area contributed by atoms with Gasteiger partial charge in [-0.15, -0.1) is 0 Å². The van der Waals surface area contributed by atoms with Gasteiger partial charge < -0.3 is 9.30 Å². The van der Waals surface area contributed by atoms with E-state index in [9.17, 15) is 4.39 Å². The largest absolute Gasteiger partial charge is 0.479 e. The summed E-state index contributed by atoms with van der Waals surface area (Å²) in [6.45, 7) is 3.64. The molecule has 0 radical (unpaired) electrons. The molecular weight excluding hydrogens is 281 g/mol. The van der Waals surface area contributed by atoms with Gasteiger partial charge in [-0.3, -0.25) is 0 Å². The highest BCUT2D eigenvalue weighted by molar-refractivity contribution is 5.63.